The lowest BCUT2D eigenvalue weighted by Crippen LogP contribution is -2.34. The first-order valence-corrected chi connectivity index (χ1v) is 10.6. The maximum Gasteiger partial charge on any atom is 0.414 e. The Hall–Kier alpha value is -2.95. The maximum absolute atomic E-state index is 14.9. The molecule has 2 aliphatic rings. The van der Waals surface area contributed by atoms with Gasteiger partial charge < -0.3 is 20.7 Å². The van der Waals surface area contributed by atoms with Gasteiger partial charge in [0.25, 0.3) is 0 Å². The quantitative estimate of drug-likeness (QED) is 0.741. The van der Waals surface area contributed by atoms with E-state index in [4.69, 9.17) is 10.5 Å². The normalized spacial score (nSPS) is 19.8. The van der Waals surface area contributed by atoms with Crippen molar-refractivity contribution in [2.75, 3.05) is 41.7 Å². The van der Waals surface area contributed by atoms with Crippen molar-refractivity contribution in [3.63, 3.8) is 0 Å². The molecule has 1 aromatic heterocycles. The van der Waals surface area contributed by atoms with Crippen molar-refractivity contribution in [2.24, 2.45) is 0 Å². The van der Waals surface area contributed by atoms with E-state index in [1.807, 2.05) is 4.90 Å². The highest BCUT2D eigenvalue weighted by molar-refractivity contribution is 7.15. The summed E-state index contributed by atoms with van der Waals surface area (Å²) >= 11 is 1.41. The summed E-state index contributed by atoms with van der Waals surface area (Å²) < 4.78 is 20.1. The van der Waals surface area contributed by atoms with Crippen LogP contribution in [0.4, 0.5) is 25.7 Å². The molecule has 11 heteroatoms. The Kier molecular flexibility index (Phi) is 5.71. The van der Waals surface area contributed by atoms with Gasteiger partial charge in [-0.15, -0.1) is 10.2 Å². The third kappa shape index (κ3) is 4.30. The molecule has 0 radical (unpaired) electrons. The zero-order chi connectivity index (χ0) is 21.3. The van der Waals surface area contributed by atoms with E-state index in [0.717, 1.165) is 17.8 Å². The van der Waals surface area contributed by atoms with Gasteiger partial charge in [-0.25, -0.2) is 9.18 Å². The highest BCUT2D eigenvalue weighted by atomic mass is 32.1. The number of carbonyl (C=O) groups excluding carboxylic acids is 2. The highest BCUT2D eigenvalue weighted by Gasteiger charge is 2.33. The predicted octanol–water partition coefficient (Wildman–Crippen LogP) is 2.10. The lowest BCUT2D eigenvalue weighted by Gasteiger charge is -2.33. The molecular formula is C19H23FN6O3S. The summed E-state index contributed by atoms with van der Waals surface area (Å²) in [6.07, 6.45) is 0.685. The van der Waals surface area contributed by atoms with Crippen LogP contribution in [0.3, 0.4) is 0 Å². The minimum absolute atomic E-state index is 0.196. The van der Waals surface area contributed by atoms with Gasteiger partial charge in [0.15, 0.2) is 0 Å². The summed E-state index contributed by atoms with van der Waals surface area (Å²) in [5.74, 6) is -0.291. The number of amides is 2. The number of carbonyl (C=O) groups is 2. The second kappa shape index (κ2) is 8.42. The number of nitrogens with two attached hydrogens (primary N) is 1. The molecule has 2 amide bonds. The summed E-state index contributed by atoms with van der Waals surface area (Å²) in [5, 5.41) is 12.0. The Morgan fingerprint density at radius 1 is 1.37 bits per heavy atom. The number of nitrogens with one attached hydrogen (secondary N) is 1. The van der Waals surface area contributed by atoms with Crippen LogP contribution >= 0.6 is 11.3 Å². The smallest absolute Gasteiger partial charge is 0.414 e. The van der Waals surface area contributed by atoms with E-state index in [1.54, 1.807) is 12.1 Å². The Labute approximate surface area is 177 Å². The topological polar surface area (TPSA) is 114 Å². The first-order valence-electron chi connectivity index (χ1n) is 9.76. The van der Waals surface area contributed by atoms with Crippen LogP contribution in [-0.2, 0) is 9.53 Å². The molecule has 1 atom stereocenters. The lowest BCUT2D eigenvalue weighted by molar-refractivity contribution is -0.119. The van der Waals surface area contributed by atoms with Crippen LogP contribution in [0.5, 0.6) is 0 Å². The van der Waals surface area contributed by atoms with Crippen LogP contribution in [-0.4, -0.2) is 54.5 Å². The maximum atomic E-state index is 14.9. The van der Waals surface area contributed by atoms with E-state index in [2.05, 4.69) is 15.5 Å². The molecule has 0 saturated carbocycles. The van der Waals surface area contributed by atoms with Gasteiger partial charge in [-0.05, 0) is 31.0 Å². The summed E-state index contributed by atoms with van der Waals surface area (Å²) in [6, 6.07) is 4.77. The van der Waals surface area contributed by atoms with E-state index in [0.29, 0.717) is 35.5 Å². The van der Waals surface area contributed by atoms with Crippen molar-refractivity contribution in [1.82, 2.24) is 15.5 Å². The minimum atomic E-state index is -0.547. The van der Waals surface area contributed by atoms with Gasteiger partial charge in [0.2, 0.25) is 11.0 Å². The number of cyclic esters (lactones) is 1. The van der Waals surface area contributed by atoms with Crippen LogP contribution < -0.4 is 20.9 Å². The summed E-state index contributed by atoms with van der Waals surface area (Å²) in [6.45, 7) is 3.28. The number of nitrogen functional groups attached to an aromatic ring is 1. The number of aromatic nitrogens is 2. The fourth-order valence-corrected chi connectivity index (χ4v) is 4.58. The molecule has 30 heavy (non-hydrogen) atoms. The van der Waals surface area contributed by atoms with E-state index >= 15 is 0 Å². The Morgan fingerprint density at radius 2 is 2.13 bits per heavy atom. The third-order valence-corrected chi connectivity index (χ3v) is 6.25. The molecule has 4 rings (SSSR count). The molecule has 2 fully saturated rings. The molecule has 0 bridgehead atoms. The van der Waals surface area contributed by atoms with Crippen LogP contribution in [0.2, 0.25) is 0 Å². The van der Waals surface area contributed by atoms with E-state index in [9.17, 15) is 14.0 Å². The van der Waals surface area contributed by atoms with Crippen LogP contribution in [0, 0.1) is 5.82 Å². The monoisotopic (exact) mass is 434 g/mol. The number of piperidine rings is 1. The molecule has 160 valence electrons. The molecule has 3 heterocycles. The number of rotatable bonds is 5. The number of hydrogen-bond acceptors (Lipinski definition) is 8. The van der Waals surface area contributed by atoms with Crippen molar-refractivity contribution in [2.45, 2.75) is 31.8 Å². The predicted molar refractivity (Wildman–Crippen MR) is 111 cm³/mol. The number of ether oxygens (including phenoxy) is 1. The van der Waals surface area contributed by atoms with E-state index < -0.39 is 12.2 Å². The van der Waals surface area contributed by atoms with Crippen LogP contribution in [0.1, 0.15) is 30.7 Å². The molecular weight excluding hydrogens is 411 g/mol. The van der Waals surface area contributed by atoms with Gasteiger partial charge in [-0.3, -0.25) is 9.69 Å². The van der Waals surface area contributed by atoms with Crippen molar-refractivity contribution < 1.29 is 18.7 Å². The summed E-state index contributed by atoms with van der Waals surface area (Å²) in [4.78, 5) is 26.6. The average Bonchev–Trinajstić information content (AvgIpc) is 3.32. The molecule has 2 aromatic rings. The summed E-state index contributed by atoms with van der Waals surface area (Å²) in [5.41, 5.74) is 6.61. The molecule has 2 aliphatic heterocycles. The van der Waals surface area contributed by atoms with Gasteiger partial charge in [0, 0.05) is 25.9 Å². The first-order chi connectivity index (χ1) is 14.4. The van der Waals surface area contributed by atoms with Crippen molar-refractivity contribution in [3.8, 4) is 0 Å². The molecule has 2 saturated heterocycles. The summed E-state index contributed by atoms with van der Waals surface area (Å²) in [7, 11) is 0. The average molecular weight is 434 g/mol. The molecule has 3 N–H and O–H groups in total. The largest absolute Gasteiger partial charge is 0.442 e. The molecule has 1 aromatic carbocycles. The Morgan fingerprint density at radius 3 is 2.77 bits per heavy atom. The fraction of sp³-hybridized carbons (Fsp3) is 0.474. The Balaban J connectivity index is 1.39. The van der Waals surface area contributed by atoms with Crippen LogP contribution in [0.25, 0.3) is 0 Å². The lowest BCUT2D eigenvalue weighted by atomic mass is 9.97. The van der Waals surface area contributed by atoms with Crippen molar-refractivity contribution >= 4 is 39.8 Å². The number of hydrogen-bond donors (Lipinski definition) is 2. The second-order valence-corrected chi connectivity index (χ2v) is 8.47. The zero-order valence-electron chi connectivity index (χ0n) is 16.5. The van der Waals surface area contributed by atoms with Crippen molar-refractivity contribution in [3.05, 3.63) is 29.0 Å². The molecule has 0 aliphatic carbocycles. The van der Waals surface area contributed by atoms with Gasteiger partial charge in [0.05, 0.1) is 24.5 Å². The fourth-order valence-electron chi connectivity index (χ4n) is 3.80. The minimum Gasteiger partial charge on any atom is -0.442 e. The SMILES string of the molecule is CC(=O)NC[C@H]1CN(c2ccc(N3CCC(c4nnc(N)s4)CC3)c(F)c2)C(=O)O1. The van der Waals surface area contributed by atoms with Gasteiger partial charge in [-0.2, -0.15) is 0 Å². The van der Waals surface area contributed by atoms with Gasteiger partial charge in [0.1, 0.15) is 16.9 Å². The van der Waals surface area contributed by atoms with Crippen molar-refractivity contribution in [1.29, 1.82) is 0 Å². The zero-order valence-corrected chi connectivity index (χ0v) is 17.3. The molecule has 0 spiro atoms. The van der Waals surface area contributed by atoms with Gasteiger partial charge in [-0.1, -0.05) is 11.3 Å². The molecule has 0 unspecified atom stereocenters. The van der Waals surface area contributed by atoms with E-state index in [1.165, 1.54) is 29.2 Å². The number of halogens is 1. The number of anilines is 3. The highest BCUT2D eigenvalue weighted by Crippen LogP contribution is 2.34. The Bertz CT molecular complexity index is 946. The van der Waals surface area contributed by atoms with E-state index in [-0.39, 0.29) is 24.8 Å². The number of benzene rings is 1. The number of nitrogens with zero attached hydrogens (tertiary/aromatic N) is 4. The standard InChI is InChI=1S/C19H23FN6O3S/c1-11(27)22-9-14-10-26(19(28)29-14)13-2-3-16(15(20)8-13)25-6-4-12(5-7-25)17-23-24-18(21)30-17/h2-3,8,12,14H,4-7,9-10H2,1H3,(H2,21,24)(H,22,27)/t14-/m0/s1. The molecule has 9 nitrogen and oxygen atoms in total. The third-order valence-electron chi connectivity index (χ3n) is 5.34. The van der Waals surface area contributed by atoms with Crippen LogP contribution in [0.15, 0.2) is 18.2 Å². The van der Waals surface area contributed by atoms with Gasteiger partial charge >= 0.3 is 6.09 Å². The first kappa shape index (κ1) is 20.3. The second-order valence-electron chi connectivity index (χ2n) is 7.43.